The molecule has 2 unspecified atom stereocenters. The fourth-order valence-corrected chi connectivity index (χ4v) is 4.14. The van der Waals surface area contributed by atoms with Crippen LogP contribution < -0.4 is 15.5 Å². The first kappa shape index (κ1) is 24.1. The molecule has 2 N–H and O–H groups in total. The van der Waals surface area contributed by atoms with E-state index in [0.717, 1.165) is 31.9 Å². The average Bonchev–Trinajstić information content (AvgIpc) is 2.92. The number of nitrogens with one attached hydrogen (secondary N) is 2. The van der Waals surface area contributed by atoms with Crippen LogP contribution in [0.25, 0.3) is 0 Å². The molecular formula is C21H35Cl2N3O. The van der Waals surface area contributed by atoms with Crippen molar-refractivity contribution in [2.75, 3.05) is 36.4 Å². The first-order valence-corrected chi connectivity index (χ1v) is 10.1. The summed E-state index contributed by atoms with van der Waals surface area (Å²) in [5.41, 5.74) is 2.17. The monoisotopic (exact) mass is 415 g/mol. The Morgan fingerprint density at radius 1 is 1.19 bits per heavy atom. The number of anilines is 2. The van der Waals surface area contributed by atoms with E-state index in [-0.39, 0.29) is 30.7 Å². The average molecular weight is 416 g/mol. The lowest BCUT2D eigenvalue weighted by molar-refractivity contribution is -0.117. The molecule has 0 aliphatic carbocycles. The summed E-state index contributed by atoms with van der Waals surface area (Å²) in [5.74, 6) is 1.20. The maximum absolute atomic E-state index is 12.5. The molecule has 2 aliphatic heterocycles. The molecule has 2 heterocycles. The van der Waals surface area contributed by atoms with Crippen LogP contribution in [0.5, 0.6) is 0 Å². The predicted molar refractivity (Wildman–Crippen MR) is 120 cm³/mol. The molecule has 0 spiro atoms. The van der Waals surface area contributed by atoms with Crippen LogP contribution in [0.1, 0.15) is 51.9 Å². The number of rotatable bonds is 5. The Kier molecular flexibility index (Phi) is 11.1. The molecule has 6 heteroatoms. The quantitative estimate of drug-likeness (QED) is 0.720. The lowest BCUT2D eigenvalue weighted by atomic mass is 9.85. The number of piperidine rings is 1. The van der Waals surface area contributed by atoms with Crippen LogP contribution in [0, 0.1) is 11.8 Å². The molecule has 2 atom stereocenters. The van der Waals surface area contributed by atoms with E-state index in [1.165, 1.54) is 44.2 Å². The lowest BCUT2D eigenvalue weighted by Gasteiger charge is -2.28. The van der Waals surface area contributed by atoms with Gasteiger partial charge in [-0.2, -0.15) is 0 Å². The number of amides is 1. The van der Waals surface area contributed by atoms with Gasteiger partial charge in [0.2, 0.25) is 5.91 Å². The minimum absolute atomic E-state index is 0. The molecule has 2 fully saturated rings. The van der Waals surface area contributed by atoms with Gasteiger partial charge in [0.1, 0.15) is 0 Å². The summed E-state index contributed by atoms with van der Waals surface area (Å²) < 4.78 is 0. The summed E-state index contributed by atoms with van der Waals surface area (Å²) in [5, 5.41) is 6.57. The first-order valence-electron chi connectivity index (χ1n) is 10.1. The van der Waals surface area contributed by atoms with Gasteiger partial charge in [-0.25, -0.2) is 0 Å². The molecule has 0 radical (unpaired) electrons. The molecule has 1 aromatic carbocycles. The molecule has 4 nitrogen and oxygen atoms in total. The molecule has 0 aromatic heterocycles. The molecule has 2 saturated heterocycles. The largest absolute Gasteiger partial charge is 0.371 e. The standard InChI is InChI=1S/C21H33N3O.2ClH/c1-17(18-8-7-11-22-16-18)14-21(25)23-19-9-6-10-20(15-19)24-12-4-2-3-5-13-24;;/h6,9-10,15,17-18,22H,2-5,7-8,11-14,16H2,1H3,(H,23,25);2*1H. The third-order valence-corrected chi connectivity index (χ3v) is 5.75. The van der Waals surface area contributed by atoms with Crippen molar-refractivity contribution in [3.8, 4) is 0 Å². The number of nitrogens with zero attached hydrogens (tertiary/aromatic N) is 1. The van der Waals surface area contributed by atoms with Gasteiger partial charge < -0.3 is 15.5 Å². The second-order valence-corrected chi connectivity index (χ2v) is 7.79. The van der Waals surface area contributed by atoms with Gasteiger partial charge >= 0.3 is 0 Å². The predicted octanol–water partition coefficient (Wildman–Crippen LogP) is 4.87. The van der Waals surface area contributed by atoms with Crippen molar-refractivity contribution in [1.29, 1.82) is 0 Å². The Bertz CT molecular complexity index is 556. The van der Waals surface area contributed by atoms with E-state index in [1.54, 1.807) is 0 Å². The fourth-order valence-electron chi connectivity index (χ4n) is 4.14. The smallest absolute Gasteiger partial charge is 0.224 e. The number of hydrogen-bond acceptors (Lipinski definition) is 3. The number of hydrogen-bond donors (Lipinski definition) is 2. The highest BCUT2D eigenvalue weighted by atomic mass is 35.5. The number of benzene rings is 1. The van der Waals surface area contributed by atoms with E-state index in [1.807, 2.05) is 6.07 Å². The van der Waals surface area contributed by atoms with E-state index in [2.05, 4.69) is 40.7 Å². The van der Waals surface area contributed by atoms with Crippen molar-refractivity contribution in [2.45, 2.75) is 51.9 Å². The number of halogens is 2. The van der Waals surface area contributed by atoms with Crippen molar-refractivity contribution in [1.82, 2.24) is 5.32 Å². The molecular weight excluding hydrogens is 381 g/mol. The van der Waals surface area contributed by atoms with Gasteiger partial charge in [-0.1, -0.05) is 25.8 Å². The molecule has 1 amide bonds. The van der Waals surface area contributed by atoms with Gasteiger partial charge in [-0.15, -0.1) is 24.8 Å². The maximum atomic E-state index is 12.5. The zero-order chi connectivity index (χ0) is 17.5. The van der Waals surface area contributed by atoms with Gasteiger partial charge in [0.05, 0.1) is 0 Å². The summed E-state index contributed by atoms with van der Waals surface area (Å²) >= 11 is 0. The highest BCUT2D eigenvalue weighted by Crippen LogP contribution is 2.25. The Morgan fingerprint density at radius 3 is 2.59 bits per heavy atom. The topological polar surface area (TPSA) is 44.4 Å². The van der Waals surface area contributed by atoms with Crippen molar-refractivity contribution < 1.29 is 4.79 Å². The van der Waals surface area contributed by atoms with Crippen molar-refractivity contribution in [2.24, 2.45) is 11.8 Å². The molecule has 2 aliphatic rings. The van der Waals surface area contributed by atoms with Gasteiger partial charge in [0.15, 0.2) is 0 Å². The third-order valence-electron chi connectivity index (χ3n) is 5.75. The molecule has 0 bridgehead atoms. The van der Waals surface area contributed by atoms with Gasteiger partial charge in [-0.3, -0.25) is 4.79 Å². The molecule has 0 saturated carbocycles. The van der Waals surface area contributed by atoms with E-state index in [9.17, 15) is 4.79 Å². The zero-order valence-electron chi connectivity index (χ0n) is 16.4. The summed E-state index contributed by atoms with van der Waals surface area (Å²) in [6, 6.07) is 8.36. The molecule has 27 heavy (non-hydrogen) atoms. The van der Waals surface area contributed by atoms with Gasteiger partial charge in [0.25, 0.3) is 0 Å². The molecule has 1 aromatic rings. The second-order valence-electron chi connectivity index (χ2n) is 7.79. The number of carbonyl (C=O) groups is 1. The zero-order valence-corrected chi connectivity index (χ0v) is 18.0. The van der Waals surface area contributed by atoms with Crippen LogP contribution in [-0.4, -0.2) is 32.1 Å². The number of carbonyl (C=O) groups excluding carboxylic acids is 1. The Labute approximate surface area is 176 Å². The van der Waals surface area contributed by atoms with Crippen LogP contribution in [0.3, 0.4) is 0 Å². The summed E-state index contributed by atoms with van der Waals surface area (Å²) in [6.45, 7) is 6.65. The first-order chi connectivity index (χ1) is 12.2. The lowest BCUT2D eigenvalue weighted by Crippen LogP contribution is -2.34. The van der Waals surface area contributed by atoms with Crippen LogP contribution in [-0.2, 0) is 4.79 Å². The highest BCUT2D eigenvalue weighted by Gasteiger charge is 2.22. The summed E-state index contributed by atoms with van der Waals surface area (Å²) in [4.78, 5) is 14.9. The Hall–Kier alpha value is -0.970. The van der Waals surface area contributed by atoms with E-state index < -0.39 is 0 Å². The van der Waals surface area contributed by atoms with Crippen LogP contribution in [0.4, 0.5) is 11.4 Å². The second kappa shape index (κ2) is 12.5. The molecule has 154 valence electrons. The van der Waals surface area contributed by atoms with E-state index in [4.69, 9.17) is 0 Å². The fraction of sp³-hybridized carbons (Fsp3) is 0.667. The highest BCUT2D eigenvalue weighted by molar-refractivity contribution is 5.91. The van der Waals surface area contributed by atoms with E-state index in [0.29, 0.717) is 18.3 Å². The van der Waals surface area contributed by atoms with Crippen LogP contribution >= 0.6 is 24.8 Å². The SMILES string of the molecule is CC(CC(=O)Nc1cccc(N2CCCCCC2)c1)C1CCCNC1.Cl.Cl. The summed E-state index contributed by atoms with van der Waals surface area (Å²) in [7, 11) is 0. The normalized spacial score (nSPS) is 21.2. The minimum atomic E-state index is 0. The molecule has 3 rings (SSSR count). The third kappa shape index (κ3) is 7.52. The van der Waals surface area contributed by atoms with Crippen molar-refractivity contribution >= 4 is 42.1 Å². The Morgan fingerprint density at radius 2 is 1.93 bits per heavy atom. The van der Waals surface area contributed by atoms with Crippen LogP contribution in [0.2, 0.25) is 0 Å². The Balaban J connectivity index is 0.00000182. The summed E-state index contributed by atoms with van der Waals surface area (Å²) in [6.07, 6.45) is 8.29. The van der Waals surface area contributed by atoms with E-state index >= 15 is 0 Å². The maximum Gasteiger partial charge on any atom is 0.224 e. The minimum Gasteiger partial charge on any atom is -0.371 e. The van der Waals surface area contributed by atoms with Crippen LogP contribution in [0.15, 0.2) is 24.3 Å². The van der Waals surface area contributed by atoms with Crippen molar-refractivity contribution in [3.05, 3.63) is 24.3 Å². The van der Waals surface area contributed by atoms with Gasteiger partial charge in [0, 0.05) is 30.9 Å². The van der Waals surface area contributed by atoms with Crippen molar-refractivity contribution in [3.63, 3.8) is 0 Å². The van der Waals surface area contributed by atoms with Gasteiger partial charge in [-0.05, 0) is 68.8 Å².